The minimum absolute atomic E-state index is 0.00262. The Morgan fingerprint density at radius 3 is 2.77 bits per heavy atom. The molecule has 2 aliphatic heterocycles. The van der Waals surface area contributed by atoms with Crippen molar-refractivity contribution in [2.24, 2.45) is 0 Å². The van der Waals surface area contributed by atoms with Gasteiger partial charge in [0.15, 0.2) is 0 Å². The van der Waals surface area contributed by atoms with Crippen LogP contribution >= 0.6 is 11.6 Å². The Balaban J connectivity index is 1.61. The van der Waals surface area contributed by atoms with Crippen molar-refractivity contribution in [1.82, 2.24) is 10.2 Å². The second-order valence-electron chi connectivity index (χ2n) is 5.87. The van der Waals surface area contributed by atoms with E-state index in [1.807, 2.05) is 36.4 Å². The van der Waals surface area contributed by atoms with Crippen molar-refractivity contribution in [3.8, 4) is 11.3 Å². The molecule has 0 radical (unpaired) electrons. The second kappa shape index (κ2) is 5.45. The van der Waals surface area contributed by atoms with Crippen LogP contribution in [0.4, 0.5) is 0 Å². The van der Waals surface area contributed by atoms with Gasteiger partial charge in [0, 0.05) is 17.1 Å². The number of hydrogen-bond acceptors (Lipinski definition) is 3. The zero-order valence-electron chi connectivity index (χ0n) is 12.1. The van der Waals surface area contributed by atoms with Crippen LogP contribution in [-0.4, -0.2) is 23.4 Å². The maximum absolute atomic E-state index is 12.1. The van der Waals surface area contributed by atoms with Crippen LogP contribution in [0.25, 0.3) is 11.3 Å². The van der Waals surface area contributed by atoms with E-state index in [4.69, 9.17) is 16.0 Å². The molecule has 0 aliphatic carbocycles. The first kappa shape index (κ1) is 13.9. The number of amides is 1. The Hall–Kier alpha value is -1.78. The van der Waals surface area contributed by atoms with Crippen LogP contribution in [0, 0.1) is 0 Å². The number of furan rings is 1. The van der Waals surface area contributed by atoms with Crippen LogP contribution in [-0.2, 0) is 4.79 Å². The molecule has 0 saturated carbocycles. The number of carbonyl (C=O) groups is 1. The van der Waals surface area contributed by atoms with E-state index in [0.717, 1.165) is 42.9 Å². The molecule has 3 heterocycles. The summed E-state index contributed by atoms with van der Waals surface area (Å²) in [5, 5.41) is 3.76. The van der Waals surface area contributed by atoms with Gasteiger partial charge in [-0.1, -0.05) is 18.0 Å². The van der Waals surface area contributed by atoms with Crippen molar-refractivity contribution >= 4 is 17.5 Å². The molecule has 2 saturated heterocycles. The van der Waals surface area contributed by atoms with E-state index >= 15 is 0 Å². The van der Waals surface area contributed by atoms with Crippen LogP contribution in [0.15, 0.2) is 40.8 Å². The van der Waals surface area contributed by atoms with Gasteiger partial charge in [-0.3, -0.25) is 9.69 Å². The summed E-state index contributed by atoms with van der Waals surface area (Å²) < 4.78 is 5.99. The molecule has 5 heteroatoms. The summed E-state index contributed by atoms with van der Waals surface area (Å²) in [6, 6.07) is 11.5. The molecule has 2 aromatic rings. The summed E-state index contributed by atoms with van der Waals surface area (Å²) in [5.41, 5.74) is 0.982. The van der Waals surface area contributed by atoms with Crippen molar-refractivity contribution in [3.05, 3.63) is 47.2 Å². The van der Waals surface area contributed by atoms with E-state index in [9.17, 15) is 4.79 Å². The summed E-state index contributed by atoms with van der Waals surface area (Å²) in [6.45, 7) is 0.936. The molecule has 22 heavy (non-hydrogen) atoms. The highest BCUT2D eigenvalue weighted by Crippen LogP contribution is 2.34. The fourth-order valence-corrected chi connectivity index (χ4v) is 3.49. The van der Waals surface area contributed by atoms with Gasteiger partial charge in [-0.2, -0.15) is 0 Å². The largest absolute Gasteiger partial charge is 0.457 e. The Morgan fingerprint density at radius 2 is 1.95 bits per heavy atom. The average Bonchev–Trinajstić information content (AvgIpc) is 3.14. The summed E-state index contributed by atoms with van der Waals surface area (Å²) >= 11 is 5.92. The first-order chi connectivity index (χ1) is 10.7. The SMILES string of the molecule is O=C1NC(c2ccc(-c3ccc(Cl)cc3)o2)N2CCCCC12. The lowest BCUT2D eigenvalue weighted by Crippen LogP contribution is -2.38. The minimum atomic E-state index is -0.140. The van der Waals surface area contributed by atoms with E-state index in [-0.39, 0.29) is 18.1 Å². The van der Waals surface area contributed by atoms with E-state index < -0.39 is 0 Å². The van der Waals surface area contributed by atoms with Gasteiger partial charge in [0.2, 0.25) is 5.91 Å². The summed E-state index contributed by atoms with van der Waals surface area (Å²) in [4.78, 5) is 14.3. The smallest absolute Gasteiger partial charge is 0.239 e. The fourth-order valence-electron chi connectivity index (χ4n) is 3.36. The highest BCUT2D eigenvalue weighted by atomic mass is 35.5. The minimum Gasteiger partial charge on any atom is -0.457 e. The lowest BCUT2D eigenvalue weighted by atomic mass is 10.0. The molecule has 0 bridgehead atoms. The maximum Gasteiger partial charge on any atom is 0.239 e. The predicted molar refractivity (Wildman–Crippen MR) is 84.4 cm³/mol. The third-order valence-electron chi connectivity index (χ3n) is 4.48. The molecule has 1 aromatic heterocycles. The first-order valence-corrected chi connectivity index (χ1v) is 8.02. The molecule has 1 amide bonds. The van der Waals surface area contributed by atoms with E-state index in [0.29, 0.717) is 5.02 Å². The molecule has 0 spiro atoms. The number of carbonyl (C=O) groups excluding carboxylic acids is 1. The van der Waals surface area contributed by atoms with Crippen molar-refractivity contribution in [3.63, 3.8) is 0 Å². The molecule has 2 unspecified atom stereocenters. The van der Waals surface area contributed by atoms with Crippen molar-refractivity contribution in [2.75, 3.05) is 6.54 Å². The zero-order chi connectivity index (χ0) is 15.1. The maximum atomic E-state index is 12.1. The topological polar surface area (TPSA) is 45.5 Å². The normalized spacial score (nSPS) is 25.0. The van der Waals surface area contributed by atoms with Crippen LogP contribution < -0.4 is 5.32 Å². The standard InChI is InChI=1S/C17H17ClN2O2/c18-12-6-4-11(5-7-12)14-8-9-15(22-14)16-19-17(21)13-3-1-2-10-20(13)16/h4-9,13,16H,1-3,10H2,(H,19,21). The fraction of sp³-hybridized carbons (Fsp3) is 0.353. The third-order valence-corrected chi connectivity index (χ3v) is 4.73. The molecule has 4 nitrogen and oxygen atoms in total. The van der Waals surface area contributed by atoms with Crippen molar-refractivity contribution < 1.29 is 9.21 Å². The number of fused-ring (bicyclic) bond motifs is 1. The predicted octanol–water partition coefficient (Wildman–Crippen LogP) is 3.58. The number of nitrogens with zero attached hydrogens (tertiary/aromatic N) is 1. The van der Waals surface area contributed by atoms with Gasteiger partial charge in [-0.15, -0.1) is 0 Å². The zero-order valence-corrected chi connectivity index (χ0v) is 12.8. The van der Waals surface area contributed by atoms with E-state index in [1.54, 1.807) is 0 Å². The summed E-state index contributed by atoms with van der Waals surface area (Å²) in [5.74, 6) is 1.71. The molecule has 2 aliphatic rings. The molecular formula is C17H17ClN2O2. The van der Waals surface area contributed by atoms with Gasteiger partial charge >= 0.3 is 0 Å². The Bertz CT molecular complexity index is 695. The molecule has 1 aromatic carbocycles. The monoisotopic (exact) mass is 316 g/mol. The van der Waals surface area contributed by atoms with Gasteiger partial charge in [0.25, 0.3) is 0 Å². The van der Waals surface area contributed by atoms with Gasteiger partial charge in [0.05, 0.1) is 6.04 Å². The lowest BCUT2D eigenvalue weighted by Gasteiger charge is -2.30. The van der Waals surface area contributed by atoms with Gasteiger partial charge in [0.1, 0.15) is 17.7 Å². The molecule has 114 valence electrons. The Kier molecular flexibility index (Phi) is 3.43. The number of benzene rings is 1. The average molecular weight is 317 g/mol. The summed E-state index contributed by atoms with van der Waals surface area (Å²) in [7, 11) is 0. The Morgan fingerprint density at radius 1 is 1.14 bits per heavy atom. The number of hydrogen-bond donors (Lipinski definition) is 1. The van der Waals surface area contributed by atoms with Crippen molar-refractivity contribution in [1.29, 1.82) is 0 Å². The molecule has 2 atom stereocenters. The number of rotatable bonds is 2. The van der Waals surface area contributed by atoms with Gasteiger partial charge in [-0.25, -0.2) is 0 Å². The van der Waals surface area contributed by atoms with Crippen LogP contribution in [0.2, 0.25) is 5.02 Å². The highest BCUT2D eigenvalue weighted by molar-refractivity contribution is 6.30. The van der Waals surface area contributed by atoms with Crippen LogP contribution in [0.5, 0.6) is 0 Å². The van der Waals surface area contributed by atoms with E-state index in [2.05, 4.69) is 10.2 Å². The Labute approximate surface area is 134 Å². The quantitative estimate of drug-likeness (QED) is 0.921. The molecular weight excluding hydrogens is 300 g/mol. The number of piperidine rings is 1. The van der Waals surface area contributed by atoms with Gasteiger partial charge in [-0.05, 0) is 49.2 Å². The summed E-state index contributed by atoms with van der Waals surface area (Å²) in [6.07, 6.45) is 3.05. The van der Waals surface area contributed by atoms with Gasteiger partial charge < -0.3 is 9.73 Å². The molecule has 1 N–H and O–H groups in total. The number of halogens is 1. The first-order valence-electron chi connectivity index (χ1n) is 7.64. The number of nitrogens with one attached hydrogen (secondary N) is 1. The van der Waals surface area contributed by atoms with Crippen LogP contribution in [0.3, 0.4) is 0 Å². The highest BCUT2D eigenvalue weighted by Gasteiger charge is 2.42. The van der Waals surface area contributed by atoms with Crippen molar-refractivity contribution in [2.45, 2.75) is 31.5 Å². The second-order valence-corrected chi connectivity index (χ2v) is 6.31. The van der Waals surface area contributed by atoms with E-state index in [1.165, 1.54) is 0 Å². The molecule has 2 fully saturated rings. The van der Waals surface area contributed by atoms with Crippen LogP contribution in [0.1, 0.15) is 31.2 Å². The third kappa shape index (κ3) is 2.32. The molecule has 4 rings (SSSR count). The lowest BCUT2D eigenvalue weighted by molar-refractivity contribution is -0.122.